The van der Waals surface area contributed by atoms with Gasteiger partial charge in [0.1, 0.15) is 11.0 Å². The van der Waals surface area contributed by atoms with Gasteiger partial charge >= 0.3 is 0 Å². The third-order valence-corrected chi connectivity index (χ3v) is 2.49. The van der Waals surface area contributed by atoms with Crippen LogP contribution in [0, 0.1) is 12.8 Å². The van der Waals surface area contributed by atoms with Crippen molar-refractivity contribution >= 4 is 11.6 Å². The van der Waals surface area contributed by atoms with E-state index < -0.39 is 0 Å². The van der Waals surface area contributed by atoms with Gasteiger partial charge in [0.05, 0.1) is 5.69 Å². The molecule has 0 atom stereocenters. The Morgan fingerprint density at radius 2 is 2.29 bits per heavy atom. The second kappa shape index (κ2) is 4.24. The van der Waals surface area contributed by atoms with Gasteiger partial charge in [0.2, 0.25) is 0 Å². The van der Waals surface area contributed by atoms with Crippen LogP contribution in [0.5, 0.6) is 0 Å². The third kappa shape index (κ3) is 2.93. The molecule has 0 bridgehead atoms. The summed E-state index contributed by atoms with van der Waals surface area (Å²) in [5, 5.41) is 3.90. The van der Waals surface area contributed by atoms with Crippen LogP contribution in [0.25, 0.3) is 0 Å². The molecule has 0 amide bonds. The van der Waals surface area contributed by atoms with Crippen molar-refractivity contribution in [1.29, 1.82) is 0 Å². The van der Waals surface area contributed by atoms with Crippen LogP contribution in [0.4, 0.5) is 0 Å². The summed E-state index contributed by atoms with van der Waals surface area (Å²) in [5.41, 5.74) is 0.975. The molecule has 1 aliphatic rings. The highest BCUT2D eigenvalue weighted by molar-refractivity contribution is 6.29. The lowest BCUT2D eigenvalue weighted by atomic mass is 10.3. The first-order valence-electron chi connectivity index (χ1n) is 4.95. The lowest BCUT2D eigenvalue weighted by Crippen LogP contribution is -2.17. The molecule has 1 N–H and O–H groups in total. The van der Waals surface area contributed by atoms with Gasteiger partial charge in [-0.05, 0) is 38.3 Å². The molecule has 14 heavy (non-hydrogen) atoms. The summed E-state index contributed by atoms with van der Waals surface area (Å²) in [4.78, 5) is 8.31. The molecule has 3 nitrogen and oxygen atoms in total. The van der Waals surface area contributed by atoms with Gasteiger partial charge in [0.25, 0.3) is 0 Å². The first kappa shape index (κ1) is 9.87. The lowest BCUT2D eigenvalue weighted by molar-refractivity contribution is 0.627. The number of aromatic nitrogens is 2. The highest BCUT2D eigenvalue weighted by Gasteiger charge is 2.20. The summed E-state index contributed by atoms with van der Waals surface area (Å²) in [5.74, 6) is 1.63. The van der Waals surface area contributed by atoms with Crippen LogP contribution in [0.15, 0.2) is 6.07 Å². The fraction of sp³-hybridized carbons (Fsp3) is 0.600. The van der Waals surface area contributed by atoms with E-state index in [-0.39, 0.29) is 0 Å². The maximum atomic E-state index is 5.83. The SMILES string of the molecule is Cc1nc(Cl)cc(CNCC2CC2)n1. The Labute approximate surface area is 88.9 Å². The van der Waals surface area contributed by atoms with Gasteiger partial charge in [-0.3, -0.25) is 0 Å². The molecule has 1 fully saturated rings. The van der Waals surface area contributed by atoms with Crippen molar-refractivity contribution in [3.05, 3.63) is 22.7 Å². The van der Waals surface area contributed by atoms with Crippen molar-refractivity contribution in [2.45, 2.75) is 26.3 Å². The van der Waals surface area contributed by atoms with Crippen molar-refractivity contribution in [2.24, 2.45) is 5.92 Å². The Hall–Kier alpha value is -0.670. The molecule has 0 unspecified atom stereocenters. The molecule has 76 valence electrons. The standard InChI is InChI=1S/C10H14ClN3/c1-7-13-9(4-10(11)14-7)6-12-5-8-2-3-8/h4,8,12H,2-3,5-6H2,1H3. The molecule has 1 aromatic rings. The number of rotatable bonds is 4. The van der Waals surface area contributed by atoms with E-state index in [2.05, 4.69) is 15.3 Å². The Kier molecular flexibility index (Phi) is 2.99. The molecule has 4 heteroatoms. The van der Waals surface area contributed by atoms with Crippen LogP contribution in [0.3, 0.4) is 0 Å². The monoisotopic (exact) mass is 211 g/mol. The fourth-order valence-corrected chi connectivity index (χ4v) is 1.65. The minimum absolute atomic E-state index is 0.528. The van der Waals surface area contributed by atoms with Crippen LogP contribution < -0.4 is 5.32 Å². The summed E-state index contributed by atoms with van der Waals surface area (Å²) in [7, 11) is 0. The third-order valence-electron chi connectivity index (χ3n) is 2.30. The van der Waals surface area contributed by atoms with Gasteiger partial charge < -0.3 is 5.32 Å². The van der Waals surface area contributed by atoms with E-state index in [1.54, 1.807) is 0 Å². The van der Waals surface area contributed by atoms with E-state index in [1.807, 2.05) is 13.0 Å². The molecular weight excluding hydrogens is 198 g/mol. The Balaban J connectivity index is 1.87. The van der Waals surface area contributed by atoms with Gasteiger partial charge in [-0.1, -0.05) is 11.6 Å². The zero-order valence-corrected chi connectivity index (χ0v) is 9.01. The second-order valence-electron chi connectivity index (χ2n) is 3.80. The molecule has 2 rings (SSSR count). The minimum atomic E-state index is 0.528. The van der Waals surface area contributed by atoms with E-state index in [4.69, 9.17) is 11.6 Å². The van der Waals surface area contributed by atoms with E-state index in [9.17, 15) is 0 Å². The maximum absolute atomic E-state index is 5.83. The van der Waals surface area contributed by atoms with Gasteiger partial charge in [-0.25, -0.2) is 9.97 Å². The maximum Gasteiger partial charge on any atom is 0.133 e. The normalized spacial score (nSPS) is 15.9. The van der Waals surface area contributed by atoms with Gasteiger partial charge in [-0.2, -0.15) is 0 Å². The zero-order valence-electron chi connectivity index (χ0n) is 8.26. The Morgan fingerprint density at radius 1 is 1.50 bits per heavy atom. The van der Waals surface area contributed by atoms with Crippen LogP contribution in [0.2, 0.25) is 5.15 Å². The quantitative estimate of drug-likeness (QED) is 0.774. The molecule has 1 aromatic heterocycles. The zero-order chi connectivity index (χ0) is 9.97. The summed E-state index contributed by atoms with van der Waals surface area (Å²) in [6.07, 6.45) is 2.74. The van der Waals surface area contributed by atoms with Crippen LogP contribution >= 0.6 is 11.6 Å². The molecule has 0 radical (unpaired) electrons. The molecule has 1 heterocycles. The lowest BCUT2D eigenvalue weighted by Gasteiger charge is -2.04. The van der Waals surface area contributed by atoms with Gasteiger partial charge in [0, 0.05) is 6.54 Å². The highest BCUT2D eigenvalue weighted by atomic mass is 35.5. The largest absolute Gasteiger partial charge is 0.311 e. The average Bonchev–Trinajstić information content (AvgIpc) is 2.86. The smallest absolute Gasteiger partial charge is 0.133 e. The molecule has 1 saturated carbocycles. The van der Waals surface area contributed by atoms with Crippen molar-refractivity contribution in [2.75, 3.05) is 6.54 Å². The van der Waals surface area contributed by atoms with E-state index >= 15 is 0 Å². The average molecular weight is 212 g/mol. The molecule has 0 aliphatic heterocycles. The summed E-state index contributed by atoms with van der Waals surface area (Å²) in [6, 6.07) is 1.81. The van der Waals surface area contributed by atoms with Crippen molar-refractivity contribution in [3.8, 4) is 0 Å². The Morgan fingerprint density at radius 3 is 2.93 bits per heavy atom. The molecule has 1 aliphatic carbocycles. The summed E-state index contributed by atoms with van der Waals surface area (Å²) < 4.78 is 0. The molecule has 0 saturated heterocycles. The highest BCUT2D eigenvalue weighted by Crippen LogP contribution is 2.27. The van der Waals surface area contributed by atoms with Crippen LogP contribution in [0.1, 0.15) is 24.4 Å². The van der Waals surface area contributed by atoms with Crippen molar-refractivity contribution in [3.63, 3.8) is 0 Å². The molecular formula is C10H14ClN3. The predicted molar refractivity (Wildman–Crippen MR) is 56.2 cm³/mol. The number of aryl methyl sites for hydroxylation is 1. The van der Waals surface area contributed by atoms with Crippen molar-refractivity contribution in [1.82, 2.24) is 15.3 Å². The first-order chi connectivity index (χ1) is 6.74. The molecule has 0 spiro atoms. The van der Waals surface area contributed by atoms with E-state index in [1.165, 1.54) is 12.8 Å². The number of halogens is 1. The topological polar surface area (TPSA) is 37.8 Å². The van der Waals surface area contributed by atoms with Crippen molar-refractivity contribution < 1.29 is 0 Å². The summed E-state index contributed by atoms with van der Waals surface area (Å²) in [6.45, 7) is 3.75. The van der Waals surface area contributed by atoms with Crippen LogP contribution in [-0.4, -0.2) is 16.5 Å². The fourth-order valence-electron chi connectivity index (χ4n) is 1.41. The molecule has 0 aromatic carbocycles. The predicted octanol–water partition coefficient (Wildman–Crippen LogP) is 1.94. The first-order valence-corrected chi connectivity index (χ1v) is 5.32. The second-order valence-corrected chi connectivity index (χ2v) is 4.19. The van der Waals surface area contributed by atoms with Gasteiger partial charge in [0.15, 0.2) is 0 Å². The minimum Gasteiger partial charge on any atom is -0.311 e. The number of hydrogen-bond acceptors (Lipinski definition) is 3. The van der Waals surface area contributed by atoms with Gasteiger partial charge in [-0.15, -0.1) is 0 Å². The number of nitrogens with zero attached hydrogens (tertiary/aromatic N) is 2. The Bertz CT molecular complexity index is 303. The van der Waals surface area contributed by atoms with E-state index in [0.29, 0.717) is 5.15 Å². The number of hydrogen-bond donors (Lipinski definition) is 1. The van der Waals surface area contributed by atoms with E-state index in [0.717, 1.165) is 30.5 Å². The van der Waals surface area contributed by atoms with Crippen LogP contribution in [-0.2, 0) is 6.54 Å². The number of nitrogens with one attached hydrogen (secondary N) is 1. The summed E-state index contributed by atoms with van der Waals surface area (Å²) >= 11 is 5.83.